The fourth-order valence-corrected chi connectivity index (χ4v) is 9.77. The summed E-state index contributed by atoms with van der Waals surface area (Å²) >= 11 is 0. The van der Waals surface area contributed by atoms with Crippen molar-refractivity contribution in [3.8, 4) is 22.3 Å². The van der Waals surface area contributed by atoms with E-state index in [4.69, 9.17) is 8.83 Å². The molecule has 0 fully saturated rings. The van der Waals surface area contributed by atoms with Crippen molar-refractivity contribution in [2.75, 3.05) is 4.90 Å². The Morgan fingerprint density at radius 1 is 0.362 bits per heavy atom. The van der Waals surface area contributed by atoms with Crippen LogP contribution in [-0.4, -0.2) is 0 Å². The summed E-state index contributed by atoms with van der Waals surface area (Å²) in [6.07, 6.45) is 0. The molecule has 3 heteroatoms. The predicted molar refractivity (Wildman–Crippen MR) is 238 cm³/mol. The Morgan fingerprint density at radius 2 is 0.948 bits per heavy atom. The van der Waals surface area contributed by atoms with E-state index in [0.717, 1.165) is 72.1 Å². The summed E-state index contributed by atoms with van der Waals surface area (Å²) in [5, 5.41) is 4.26. The lowest BCUT2D eigenvalue weighted by Crippen LogP contribution is -2.28. The predicted octanol–water partition coefficient (Wildman–Crippen LogP) is 15.0. The summed E-state index contributed by atoms with van der Waals surface area (Å²) in [4.78, 5) is 2.37. The third-order valence-electron chi connectivity index (χ3n) is 12.1. The first kappa shape index (κ1) is 32.6. The zero-order valence-corrected chi connectivity index (χ0v) is 31.5. The first-order valence-electron chi connectivity index (χ1n) is 19.8. The molecule has 2 heterocycles. The van der Waals surface area contributed by atoms with E-state index in [2.05, 4.69) is 199 Å². The quantitative estimate of drug-likeness (QED) is 0.170. The molecular weight excluding hydrogens is 707 g/mol. The number of fused-ring (bicyclic) bond motifs is 10. The Morgan fingerprint density at radius 3 is 1.69 bits per heavy atom. The Kier molecular flexibility index (Phi) is 7.14. The van der Waals surface area contributed by atoms with Crippen LogP contribution in [0.5, 0.6) is 0 Å². The molecule has 0 spiro atoms. The molecule has 2 aromatic heterocycles. The average Bonchev–Trinajstić information content (AvgIpc) is 3.96. The van der Waals surface area contributed by atoms with Crippen LogP contribution in [0.4, 0.5) is 17.1 Å². The third kappa shape index (κ3) is 4.62. The Labute approximate surface area is 335 Å². The van der Waals surface area contributed by atoms with E-state index in [1.165, 1.54) is 33.4 Å². The molecule has 58 heavy (non-hydrogen) atoms. The van der Waals surface area contributed by atoms with E-state index in [1.54, 1.807) is 0 Å². The average molecular weight is 742 g/mol. The lowest BCUT2D eigenvalue weighted by Gasteiger charge is -2.35. The van der Waals surface area contributed by atoms with Crippen LogP contribution in [0.25, 0.3) is 66.1 Å². The molecule has 3 nitrogen and oxygen atoms in total. The molecular formula is C55H35NO2. The van der Waals surface area contributed by atoms with Gasteiger partial charge >= 0.3 is 0 Å². The van der Waals surface area contributed by atoms with Gasteiger partial charge in [-0.2, -0.15) is 0 Å². The fourth-order valence-electron chi connectivity index (χ4n) is 9.77. The normalized spacial score (nSPS) is 13.0. The van der Waals surface area contributed by atoms with Gasteiger partial charge in [-0.05, 0) is 93.0 Å². The van der Waals surface area contributed by atoms with Gasteiger partial charge in [0.15, 0.2) is 5.58 Å². The largest absolute Gasteiger partial charge is 0.456 e. The van der Waals surface area contributed by atoms with Crippen molar-refractivity contribution in [1.82, 2.24) is 0 Å². The van der Waals surface area contributed by atoms with Crippen molar-refractivity contribution < 1.29 is 8.83 Å². The molecule has 12 rings (SSSR count). The van der Waals surface area contributed by atoms with Gasteiger partial charge in [0.25, 0.3) is 0 Å². The fraction of sp³-hybridized carbons (Fsp3) is 0.0182. The lowest BCUT2D eigenvalue weighted by molar-refractivity contribution is 0.663. The highest BCUT2D eigenvalue weighted by Crippen LogP contribution is 2.58. The van der Waals surface area contributed by atoms with E-state index >= 15 is 0 Å². The minimum atomic E-state index is -0.535. The van der Waals surface area contributed by atoms with Gasteiger partial charge < -0.3 is 13.7 Å². The third-order valence-corrected chi connectivity index (χ3v) is 12.1. The van der Waals surface area contributed by atoms with Crippen LogP contribution in [0.15, 0.2) is 221 Å². The number of rotatable bonds is 6. The number of furan rings is 2. The van der Waals surface area contributed by atoms with E-state index in [1.807, 2.05) is 18.2 Å². The van der Waals surface area contributed by atoms with Gasteiger partial charge in [-0.3, -0.25) is 0 Å². The molecule has 0 saturated carbocycles. The van der Waals surface area contributed by atoms with Gasteiger partial charge in [0.2, 0.25) is 0 Å². The molecule has 272 valence electrons. The van der Waals surface area contributed by atoms with Crippen molar-refractivity contribution in [3.05, 3.63) is 235 Å². The number of nitrogens with zero attached hydrogens (tertiary/aromatic N) is 1. The highest BCUT2D eigenvalue weighted by atomic mass is 16.3. The van der Waals surface area contributed by atoms with Gasteiger partial charge in [0.1, 0.15) is 16.7 Å². The van der Waals surface area contributed by atoms with Crippen LogP contribution in [0.2, 0.25) is 0 Å². The molecule has 0 atom stereocenters. The van der Waals surface area contributed by atoms with E-state index in [0.29, 0.717) is 0 Å². The molecule has 11 aromatic rings. The van der Waals surface area contributed by atoms with Crippen LogP contribution in [0, 0.1) is 0 Å². The molecule has 9 aromatic carbocycles. The maximum absolute atomic E-state index is 7.14. The monoisotopic (exact) mass is 741 g/mol. The molecule has 1 aliphatic rings. The van der Waals surface area contributed by atoms with Crippen LogP contribution >= 0.6 is 0 Å². The van der Waals surface area contributed by atoms with Gasteiger partial charge in [-0.15, -0.1) is 0 Å². The van der Waals surface area contributed by atoms with Gasteiger partial charge in [-0.1, -0.05) is 164 Å². The summed E-state index contributed by atoms with van der Waals surface area (Å²) in [6.45, 7) is 0. The van der Waals surface area contributed by atoms with Crippen molar-refractivity contribution >= 4 is 60.9 Å². The molecule has 0 unspecified atom stereocenters. The molecule has 1 aliphatic carbocycles. The highest BCUT2D eigenvalue weighted by Gasteiger charge is 2.46. The van der Waals surface area contributed by atoms with Crippen molar-refractivity contribution in [2.45, 2.75) is 5.41 Å². The highest BCUT2D eigenvalue weighted by molar-refractivity contribution is 6.29. The Hall–Kier alpha value is -7.62. The summed E-state index contributed by atoms with van der Waals surface area (Å²) in [5.41, 5.74) is 15.6. The van der Waals surface area contributed by atoms with E-state index in [9.17, 15) is 0 Å². The SMILES string of the molecule is c1ccc(-c2ccc(N(c3ccccc3)c3ccc4c(c3)C(c3ccccc3)(c3ccccc3)c3ccccc3-4)c3oc4ccc5oc6ccccc6c5c4c23)cc1. The molecule has 0 saturated heterocycles. The molecule has 0 amide bonds. The smallest absolute Gasteiger partial charge is 0.160 e. The molecule has 0 bridgehead atoms. The molecule has 0 aliphatic heterocycles. The summed E-state index contributed by atoms with van der Waals surface area (Å²) in [5.74, 6) is 0. The van der Waals surface area contributed by atoms with Crippen LogP contribution in [-0.2, 0) is 5.41 Å². The van der Waals surface area contributed by atoms with E-state index < -0.39 is 5.41 Å². The lowest BCUT2D eigenvalue weighted by atomic mass is 9.67. The second-order valence-electron chi connectivity index (χ2n) is 15.1. The van der Waals surface area contributed by atoms with Gasteiger partial charge in [0.05, 0.1) is 11.1 Å². The van der Waals surface area contributed by atoms with Crippen LogP contribution < -0.4 is 4.90 Å². The maximum atomic E-state index is 7.14. The van der Waals surface area contributed by atoms with Crippen molar-refractivity contribution in [1.29, 1.82) is 0 Å². The Balaban J connectivity index is 1.18. The second kappa shape index (κ2) is 12.7. The van der Waals surface area contributed by atoms with Gasteiger partial charge in [0, 0.05) is 32.9 Å². The van der Waals surface area contributed by atoms with E-state index in [-0.39, 0.29) is 0 Å². The topological polar surface area (TPSA) is 29.5 Å². The minimum absolute atomic E-state index is 0.535. The second-order valence-corrected chi connectivity index (χ2v) is 15.1. The van der Waals surface area contributed by atoms with Crippen LogP contribution in [0.1, 0.15) is 22.3 Å². The standard InChI is InChI=1S/C55H35NO2/c1-5-17-36(18-6-1)41-31-32-47(54-52(41)53-50(58-54)34-33-49-51(53)44-26-14-16-28-48(44)57-49)56(39-23-11-4-12-24-39)40-29-30-43-42-25-13-15-27-45(42)55(46(43)35-40,37-19-7-2-8-20-37)38-21-9-3-10-22-38/h1-35H. The number of hydrogen-bond donors (Lipinski definition) is 0. The maximum Gasteiger partial charge on any atom is 0.160 e. The summed E-state index contributed by atoms with van der Waals surface area (Å²) in [6, 6.07) is 76.1. The van der Waals surface area contributed by atoms with Crippen molar-refractivity contribution in [3.63, 3.8) is 0 Å². The zero-order valence-electron chi connectivity index (χ0n) is 31.5. The summed E-state index contributed by atoms with van der Waals surface area (Å²) < 4.78 is 13.6. The zero-order chi connectivity index (χ0) is 38.2. The number of benzene rings is 9. The summed E-state index contributed by atoms with van der Waals surface area (Å²) in [7, 11) is 0. The van der Waals surface area contributed by atoms with Crippen molar-refractivity contribution in [2.24, 2.45) is 0 Å². The number of hydrogen-bond acceptors (Lipinski definition) is 3. The Bertz CT molecular complexity index is 3290. The number of para-hydroxylation sites is 2. The number of anilines is 3. The van der Waals surface area contributed by atoms with Gasteiger partial charge in [-0.25, -0.2) is 0 Å². The first-order valence-corrected chi connectivity index (χ1v) is 19.8. The molecule has 0 N–H and O–H groups in total. The van der Waals surface area contributed by atoms with Crippen LogP contribution in [0.3, 0.4) is 0 Å². The first-order chi connectivity index (χ1) is 28.8. The minimum Gasteiger partial charge on any atom is -0.456 e. The molecule has 0 radical (unpaired) electrons.